The van der Waals surface area contributed by atoms with E-state index in [4.69, 9.17) is 4.18 Å². The molecule has 4 aliphatic carbocycles. The van der Waals surface area contributed by atoms with Crippen LogP contribution >= 0.6 is 0 Å². The summed E-state index contributed by atoms with van der Waals surface area (Å²) >= 11 is 0. The molecule has 3 fully saturated rings. The minimum Gasteiger partial charge on any atom is -0.302 e. The molecule has 216 valence electrons. The number of fused-ring (bicyclic) bond motifs is 5. The molecule has 0 bridgehead atoms. The molecule has 4 nitrogen and oxygen atoms in total. The molecule has 4 aliphatic rings. The average Bonchev–Trinajstić information content (AvgIpc) is 3.25. The third-order valence-electron chi connectivity index (χ3n) is 11.6. The molecule has 0 spiro atoms. The van der Waals surface area contributed by atoms with Crippen LogP contribution in [-0.4, -0.2) is 20.8 Å². The molecule has 5 heteroatoms. The van der Waals surface area contributed by atoms with E-state index in [-0.39, 0.29) is 4.90 Å². The van der Waals surface area contributed by atoms with Gasteiger partial charge in [-0.1, -0.05) is 76.3 Å². The molecular weight excluding hydrogens is 504 g/mol. The summed E-state index contributed by atoms with van der Waals surface area (Å²) in [6.45, 7) is 11.7. The molecule has 0 radical (unpaired) electrons. The van der Waals surface area contributed by atoms with Gasteiger partial charge in [-0.15, -0.1) is 0 Å². The molecule has 1 aromatic carbocycles. The third-order valence-corrected chi connectivity index (χ3v) is 13.0. The monoisotopic (exact) mass is 554 g/mol. The van der Waals surface area contributed by atoms with Crippen molar-refractivity contribution in [2.75, 3.05) is 0 Å². The predicted molar refractivity (Wildman–Crippen MR) is 157 cm³/mol. The lowest BCUT2D eigenvalue weighted by atomic mass is 9.46. The Morgan fingerprint density at radius 2 is 1.74 bits per heavy atom. The Hall–Kier alpha value is -1.46. The van der Waals surface area contributed by atoms with Crippen LogP contribution in [0.15, 0.2) is 40.8 Å². The fraction of sp³-hybridized carbons (Fsp3) is 0.735. The topological polar surface area (TPSA) is 60.4 Å². The van der Waals surface area contributed by atoms with Crippen LogP contribution in [0.25, 0.3) is 0 Å². The number of allylic oxidation sites excluding steroid dienone is 1. The van der Waals surface area contributed by atoms with E-state index >= 15 is 0 Å². The first-order valence-corrected chi connectivity index (χ1v) is 17.1. The summed E-state index contributed by atoms with van der Waals surface area (Å²) < 4.78 is 31.7. The molecule has 8 atom stereocenters. The van der Waals surface area contributed by atoms with Crippen molar-refractivity contribution in [3.8, 4) is 0 Å². The van der Waals surface area contributed by atoms with E-state index in [0.29, 0.717) is 42.4 Å². The number of carbonyl (C=O) groups excluding carboxylic acids is 1. The summed E-state index contributed by atoms with van der Waals surface area (Å²) in [6.07, 6.45) is 15.1. The smallest absolute Gasteiger partial charge is 0.297 e. The molecule has 0 saturated heterocycles. The van der Waals surface area contributed by atoms with Crippen LogP contribution in [0.1, 0.15) is 104 Å². The molecule has 0 heterocycles. The largest absolute Gasteiger partial charge is 0.302 e. The van der Waals surface area contributed by atoms with Crippen molar-refractivity contribution in [3.63, 3.8) is 0 Å². The first kappa shape index (κ1) is 29.0. The number of carbonyl (C=O) groups is 1. The molecule has 1 aromatic rings. The van der Waals surface area contributed by atoms with Crippen molar-refractivity contribution in [2.24, 2.45) is 46.3 Å². The third kappa shape index (κ3) is 5.32. The average molecular weight is 555 g/mol. The van der Waals surface area contributed by atoms with Crippen molar-refractivity contribution >= 4 is 16.4 Å². The molecule has 3 saturated carbocycles. The van der Waals surface area contributed by atoms with Gasteiger partial charge in [0, 0.05) is 0 Å². The summed E-state index contributed by atoms with van der Waals surface area (Å²) in [5.41, 5.74) is 2.12. The maximum absolute atomic E-state index is 13.0. The highest BCUT2D eigenvalue weighted by atomic mass is 32.2. The van der Waals surface area contributed by atoms with Gasteiger partial charge < -0.3 is 4.79 Å². The number of hydrogen-bond donors (Lipinski definition) is 0. The normalized spacial score (nSPS) is 37.0. The van der Waals surface area contributed by atoms with Gasteiger partial charge in [-0.2, -0.15) is 8.42 Å². The van der Waals surface area contributed by atoms with Crippen molar-refractivity contribution in [3.05, 3.63) is 41.5 Å². The number of rotatable bonds is 9. The van der Waals surface area contributed by atoms with Gasteiger partial charge in [0.1, 0.15) is 6.29 Å². The van der Waals surface area contributed by atoms with Crippen LogP contribution in [0.4, 0.5) is 0 Å². The van der Waals surface area contributed by atoms with Gasteiger partial charge in [0.15, 0.2) is 0 Å². The zero-order valence-electron chi connectivity index (χ0n) is 24.8. The Kier molecular flexibility index (Phi) is 8.25. The molecule has 0 unspecified atom stereocenters. The number of hydrogen-bond acceptors (Lipinski definition) is 4. The molecule has 5 rings (SSSR count). The van der Waals surface area contributed by atoms with E-state index < -0.39 is 21.6 Å². The lowest BCUT2D eigenvalue weighted by Gasteiger charge is -2.57. The Balaban J connectivity index is 1.30. The number of aryl methyl sites for hydroxylation is 1. The van der Waals surface area contributed by atoms with Crippen LogP contribution in [0.3, 0.4) is 0 Å². The fourth-order valence-corrected chi connectivity index (χ4v) is 10.7. The van der Waals surface area contributed by atoms with E-state index in [9.17, 15) is 13.2 Å². The Morgan fingerprint density at radius 3 is 2.44 bits per heavy atom. The lowest BCUT2D eigenvalue weighted by molar-refractivity contribution is -0.126. The van der Waals surface area contributed by atoms with Gasteiger partial charge in [0.05, 0.1) is 16.4 Å². The Labute approximate surface area is 237 Å². The molecule has 0 aromatic heterocycles. The highest BCUT2D eigenvalue weighted by Crippen LogP contribution is 2.67. The van der Waals surface area contributed by atoms with Crippen molar-refractivity contribution in [1.82, 2.24) is 0 Å². The summed E-state index contributed by atoms with van der Waals surface area (Å²) in [6, 6.07) is 6.84. The first-order valence-electron chi connectivity index (χ1n) is 15.7. The van der Waals surface area contributed by atoms with Gasteiger partial charge in [0.25, 0.3) is 10.1 Å². The Bertz CT molecular complexity index is 1170. The SMILES string of the molecule is Cc1ccc(S(=O)(=O)O[C@H]2CC[C@@]3(C=O)C(=CC[C@H]4[C@@H]5CC[C@H]([C@H](C)CCCC(C)C)[C@@]5(C)CC[C@@H]43)C2)cc1. The highest BCUT2D eigenvalue weighted by Gasteiger charge is 2.60. The summed E-state index contributed by atoms with van der Waals surface area (Å²) in [7, 11) is -3.83. The maximum Gasteiger partial charge on any atom is 0.297 e. The second-order valence-electron chi connectivity index (χ2n) is 14.3. The Morgan fingerprint density at radius 1 is 1.00 bits per heavy atom. The molecular formula is C34H50O4S. The number of aldehydes is 1. The summed E-state index contributed by atoms with van der Waals surface area (Å²) in [5.74, 6) is 4.00. The molecule has 0 amide bonds. The highest BCUT2D eigenvalue weighted by molar-refractivity contribution is 7.86. The van der Waals surface area contributed by atoms with E-state index in [0.717, 1.165) is 41.7 Å². The van der Waals surface area contributed by atoms with Gasteiger partial charge >= 0.3 is 0 Å². The predicted octanol–water partition coefficient (Wildman–Crippen LogP) is 8.29. The van der Waals surface area contributed by atoms with E-state index in [2.05, 4.69) is 33.8 Å². The van der Waals surface area contributed by atoms with Gasteiger partial charge in [-0.25, -0.2) is 0 Å². The molecule has 0 aliphatic heterocycles. The number of benzene rings is 1. The van der Waals surface area contributed by atoms with Crippen molar-refractivity contribution in [1.29, 1.82) is 0 Å². The minimum atomic E-state index is -3.83. The van der Waals surface area contributed by atoms with Gasteiger partial charge in [-0.05, 0) is 111 Å². The molecule has 39 heavy (non-hydrogen) atoms. The fourth-order valence-electron chi connectivity index (χ4n) is 9.60. The summed E-state index contributed by atoms with van der Waals surface area (Å²) in [4.78, 5) is 13.1. The maximum atomic E-state index is 13.0. The summed E-state index contributed by atoms with van der Waals surface area (Å²) in [5, 5.41) is 0. The van der Waals surface area contributed by atoms with E-state index in [1.54, 1.807) is 24.3 Å². The van der Waals surface area contributed by atoms with Crippen LogP contribution in [0, 0.1) is 53.3 Å². The van der Waals surface area contributed by atoms with E-state index in [1.165, 1.54) is 44.8 Å². The van der Waals surface area contributed by atoms with Gasteiger partial charge in [-0.3, -0.25) is 4.18 Å². The quantitative estimate of drug-likeness (QED) is 0.175. The standard InChI is InChI=1S/C34H50O4S/c1-23(2)7-6-8-25(4)30-15-16-31-29-14-11-26-21-27(38-39(36,37)28-12-9-24(3)10-13-28)17-20-34(26,22-35)32(29)18-19-33(30,31)5/h9-13,22-23,25,27,29-32H,6-8,14-21H2,1-5H3/t25-,27+,29+,30-,31+,32+,33-,34-/m1/s1. The minimum absolute atomic E-state index is 0.207. The van der Waals surface area contributed by atoms with E-state index in [1.807, 2.05) is 6.92 Å². The van der Waals surface area contributed by atoms with Crippen LogP contribution in [0.5, 0.6) is 0 Å². The van der Waals surface area contributed by atoms with Crippen LogP contribution < -0.4 is 0 Å². The lowest BCUT2D eigenvalue weighted by Crippen LogP contribution is -2.52. The zero-order valence-corrected chi connectivity index (χ0v) is 25.6. The zero-order chi connectivity index (χ0) is 28.0. The van der Waals surface area contributed by atoms with Crippen LogP contribution in [0.2, 0.25) is 0 Å². The van der Waals surface area contributed by atoms with Crippen LogP contribution in [-0.2, 0) is 19.1 Å². The second kappa shape index (κ2) is 11.1. The molecule has 0 N–H and O–H groups in total. The van der Waals surface area contributed by atoms with Gasteiger partial charge in [0.2, 0.25) is 0 Å². The second-order valence-corrected chi connectivity index (χ2v) is 15.8. The van der Waals surface area contributed by atoms with Crippen molar-refractivity contribution in [2.45, 2.75) is 116 Å². The first-order chi connectivity index (χ1) is 18.5. The van der Waals surface area contributed by atoms with Crippen molar-refractivity contribution < 1.29 is 17.4 Å².